The molecule has 5 amide bonds. The van der Waals surface area contributed by atoms with Crippen LogP contribution in [0.25, 0.3) is 0 Å². The Balaban J connectivity index is 1.24. The van der Waals surface area contributed by atoms with Gasteiger partial charge in [-0.3, -0.25) is 24.0 Å². The number of amides is 5. The van der Waals surface area contributed by atoms with Gasteiger partial charge in [0.2, 0.25) is 21.8 Å². The molecular formula is C41H54FN5O9S. The van der Waals surface area contributed by atoms with Gasteiger partial charge in [0.15, 0.2) is 0 Å². The maximum absolute atomic E-state index is 14.5. The molecule has 2 saturated heterocycles. The Kier molecular flexibility index (Phi) is 12.2. The Morgan fingerprint density at radius 1 is 0.982 bits per heavy atom. The molecular weight excluding hydrogens is 758 g/mol. The highest BCUT2D eigenvalue weighted by molar-refractivity contribution is 7.89. The number of benzene rings is 2. The second-order valence-corrected chi connectivity index (χ2v) is 18.7. The normalized spacial score (nSPS) is 25.5. The molecule has 14 nitrogen and oxygen atoms in total. The molecule has 4 aliphatic rings. The van der Waals surface area contributed by atoms with Gasteiger partial charge in [-0.2, -0.15) is 0 Å². The summed E-state index contributed by atoms with van der Waals surface area (Å²) in [5.74, 6) is -3.37. The van der Waals surface area contributed by atoms with Crippen molar-refractivity contribution in [3.63, 3.8) is 0 Å². The van der Waals surface area contributed by atoms with Gasteiger partial charge < -0.3 is 25.0 Å². The fraction of sp³-hybridized carbons (Fsp3) is 0.585. The van der Waals surface area contributed by atoms with Crippen molar-refractivity contribution < 1.29 is 46.3 Å². The zero-order valence-corrected chi connectivity index (χ0v) is 34.1. The first-order valence-corrected chi connectivity index (χ1v) is 21.4. The van der Waals surface area contributed by atoms with E-state index in [1.807, 2.05) is 19.9 Å². The van der Waals surface area contributed by atoms with Crippen molar-refractivity contribution in [2.75, 3.05) is 6.54 Å². The number of carbonyl (C=O) groups excluding carboxylic acids is 5. The molecule has 2 aromatic rings. The number of halogens is 1. The third-order valence-corrected chi connectivity index (χ3v) is 12.6. The molecule has 2 aromatic carbocycles. The van der Waals surface area contributed by atoms with Crippen molar-refractivity contribution >= 4 is 39.9 Å². The minimum absolute atomic E-state index is 0.00650. The lowest BCUT2D eigenvalue weighted by atomic mass is 10.0. The largest absolute Gasteiger partial charge is 0.444 e. The molecule has 16 heteroatoms. The highest BCUT2D eigenvalue weighted by atomic mass is 32.2. The lowest BCUT2D eigenvalue weighted by molar-refractivity contribution is -0.141. The van der Waals surface area contributed by atoms with E-state index in [9.17, 15) is 36.8 Å². The average Bonchev–Trinajstić information content (AvgIpc) is 3.40. The molecule has 57 heavy (non-hydrogen) atoms. The molecule has 3 aliphatic heterocycles. The van der Waals surface area contributed by atoms with Gasteiger partial charge in [0, 0.05) is 18.5 Å². The van der Waals surface area contributed by atoms with Crippen LogP contribution >= 0.6 is 0 Å². The molecule has 0 aromatic heterocycles. The van der Waals surface area contributed by atoms with Gasteiger partial charge in [0.1, 0.15) is 35.1 Å². The number of carbonyl (C=O) groups is 5. The van der Waals surface area contributed by atoms with Crippen molar-refractivity contribution in [2.24, 2.45) is 5.92 Å². The van der Waals surface area contributed by atoms with Crippen LogP contribution in [0.4, 0.5) is 14.0 Å². The first-order chi connectivity index (χ1) is 26.8. The predicted octanol–water partition coefficient (Wildman–Crippen LogP) is 5.02. The third-order valence-electron chi connectivity index (χ3n) is 11.4. The standard InChI is InChI=1S/C41H54FN5O9S/c1-25-16-17-27(18-26(25)2)24-57(53,54)45-37(50)41-20-29(41)13-9-7-6-8-10-15-33(43-38(51)56-40(3,4)5)36(49)47-22-30(19-34(47)35(48)44-41)55-39(52)46-21-28-12-11-14-32(42)31(28)23-46/h11-12,14,16-18,29-30,33-34H,6-10,13,15,19-24H2,1-5H3,(H,43,51)(H,44,48)(H,45,50)/t29-,30-,33?,34+,41-/m1/s1. The van der Waals surface area contributed by atoms with Crippen LogP contribution in [0.3, 0.4) is 0 Å². The Labute approximate surface area is 333 Å². The summed E-state index contributed by atoms with van der Waals surface area (Å²) in [6, 6.07) is 7.55. The first kappa shape index (κ1) is 41.9. The minimum Gasteiger partial charge on any atom is -0.444 e. The van der Waals surface area contributed by atoms with Crippen LogP contribution in [-0.4, -0.2) is 84.0 Å². The minimum atomic E-state index is -4.17. The van der Waals surface area contributed by atoms with Crippen molar-refractivity contribution in [1.29, 1.82) is 0 Å². The van der Waals surface area contributed by atoms with Gasteiger partial charge in [0.05, 0.1) is 18.8 Å². The van der Waals surface area contributed by atoms with Crippen molar-refractivity contribution in [2.45, 2.75) is 141 Å². The fourth-order valence-corrected chi connectivity index (χ4v) is 9.28. The van der Waals surface area contributed by atoms with Gasteiger partial charge in [-0.25, -0.2) is 22.4 Å². The maximum atomic E-state index is 14.5. The van der Waals surface area contributed by atoms with Gasteiger partial charge >= 0.3 is 12.2 Å². The van der Waals surface area contributed by atoms with Gasteiger partial charge in [-0.15, -0.1) is 0 Å². The van der Waals surface area contributed by atoms with E-state index >= 15 is 0 Å². The van der Waals surface area contributed by atoms with Crippen molar-refractivity contribution in [3.8, 4) is 0 Å². The summed E-state index contributed by atoms with van der Waals surface area (Å²) in [6.45, 7) is 8.80. The van der Waals surface area contributed by atoms with E-state index in [1.165, 1.54) is 15.9 Å². The number of aryl methyl sites for hydroxylation is 2. The van der Waals surface area contributed by atoms with Crippen molar-refractivity contribution in [3.05, 3.63) is 70.0 Å². The molecule has 3 heterocycles. The lowest BCUT2D eigenvalue weighted by Crippen LogP contribution is -2.58. The summed E-state index contributed by atoms with van der Waals surface area (Å²) in [4.78, 5) is 71.8. The molecule has 1 unspecified atom stereocenters. The van der Waals surface area contributed by atoms with Crippen molar-refractivity contribution in [1.82, 2.24) is 25.2 Å². The Morgan fingerprint density at radius 2 is 1.70 bits per heavy atom. The van der Waals surface area contributed by atoms with Crippen LogP contribution in [0.1, 0.15) is 106 Å². The fourth-order valence-electron chi connectivity index (χ4n) is 8.13. The molecule has 5 atom stereocenters. The molecule has 1 aliphatic carbocycles. The van der Waals surface area contributed by atoms with E-state index in [-0.39, 0.29) is 44.8 Å². The number of rotatable bonds is 6. The van der Waals surface area contributed by atoms with E-state index < -0.39 is 80.8 Å². The highest BCUT2D eigenvalue weighted by Gasteiger charge is 2.62. The molecule has 0 radical (unpaired) electrons. The number of fused-ring (bicyclic) bond motifs is 3. The Morgan fingerprint density at radius 3 is 2.40 bits per heavy atom. The summed E-state index contributed by atoms with van der Waals surface area (Å²) in [5, 5.41) is 5.54. The second-order valence-electron chi connectivity index (χ2n) is 17.0. The number of alkyl carbamates (subject to hydrolysis) is 1. The Hall–Kier alpha value is -4.73. The number of nitrogens with one attached hydrogen (secondary N) is 3. The zero-order valence-electron chi connectivity index (χ0n) is 33.3. The van der Waals surface area contributed by atoms with Crippen LogP contribution in [0.2, 0.25) is 0 Å². The second kappa shape index (κ2) is 16.6. The summed E-state index contributed by atoms with van der Waals surface area (Å²) < 4.78 is 54.7. The zero-order chi connectivity index (χ0) is 41.3. The van der Waals surface area contributed by atoms with E-state index in [2.05, 4.69) is 15.4 Å². The number of hydrogen-bond donors (Lipinski definition) is 3. The SMILES string of the molecule is Cc1ccc(CS(=O)(=O)NC(=O)[C@@]23C[C@H]2CCCCCCCC(NC(=O)OC(C)(C)C)C(=O)N2C[C@H](OC(=O)N4Cc5cccc(F)c5C4)C[C@H]2C(=O)N3)cc1C. The molecule has 0 spiro atoms. The summed E-state index contributed by atoms with van der Waals surface area (Å²) >= 11 is 0. The molecule has 1 saturated carbocycles. The Bertz CT molecular complexity index is 2020. The topological polar surface area (TPSA) is 181 Å². The average molecular weight is 812 g/mol. The van der Waals surface area contributed by atoms with E-state index in [0.29, 0.717) is 29.5 Å². The number of ether oxygens (including phenoxy) is 2. The maximum Gasteiger partial charge on any atom is 0.410 e. The molecule has 3 fully saturated rings. The molecule has 310 valence electrons. The summed E-state index contributed by atoms with van der Waals surface area (Å²) in [6.07, 6.45) is 2.12. The molecule has 6 rings (SSSR count). The number of hydrogen-bond acceptors (Lipinski definition) is 9. The van der Waals surface area contributed by atoms with Crippen LogP contribution < -0.4 is 15.4 Å². The third kappa shape index (κ3) is 10.1. The lowest BCUT2D eigenvalue weighted by Gasteiger charge is -2.30. The molecule has 3 N–H and O–H groups in total. The molecule has 0 bridgehead atoms. The highest BCUT2D eigenvalue weighted by Crippen LogP contribution is 2.48. The van der Waals surface area contributed by atoms with Crippen LogP contribution in [-0.2, 0) is 52.7 Å². The van der Waals surface area contributed by atoms with Crippen LogP contribution in [0, 0.1) is 25.6 Å². The quantitative estimate of drug-likeness (QED) is 0.361. The van der Waals surface area contributed by atoms with Crippen LogP contribution in [0.15, 0.2) is 36.4 Å². The van der Waals surface area contributed by atoms with E-state index in [0.717, 1.165) is 36.8 Å². The van der Waals surface area contributed by atoms with Gasteiger partial charge in [-0.05, 0) is 88.1 Å². The monoisotopic (exact) mass is 811 g/mol. The smallest absolute Gasteiger partial charge is 0.410 e. The van der Waals surface area contributed by atoms with E-state index in [4.69, 9.17) is 9.47 Å². The summed E-state index contributed by atoms with van der Waals surface area (Å²) in [5.41, 5.74) is 1.06. The van der Waals surface area contributed by atoms with Crippen LogP contribution in [0.5, 0.6) is 0 Å². The van der Waals surface area contributed by atoms with E-state index in [1.54, 1.807) is 45.0 Å². The predicted molar refractivity (Wildman–Crippen MR) is 207 cm³/mol. The van der Waals surface area contributed by atoms with Gasteiger partial charge in [0.25, 0.3) is 5.91 Å². The summed E-state index contributed by atoms with van der Waals surface area (Å²) in [7, 11) is -4.17. The number of sulfonamides is 1. The number of nitrogens with zero attached hydrogens (tertiary/aromatic N) is 2. The van der Waals surface area contributed by atoms with Gasteiger partial charge in [-0.1, -0.05) is 62.4 Å². The first-order valence-electron chi connectivity index (χ1n) is 19.8.